The first kappa shape index (κ1) is 18.5. The molecule has 0 bridgehead atoms. The van der Waals surface area contributed by atoms with Gasteiger partial charge in [0.05, 0.1) is 21.5 Å². The number of aryl methyl sites for hydroxylation is 3. The first-order chi connectivity index (χ1) is 11.1. The molecule has 0 atom stereocenters. The second-order valence-electron chi connectivity index (χ2n) is 5.39. The average molecular weight is 415 g/mol. The molecule has 0 aliphatic rings. The van der Waals surface area contributed by atoms with Gasteiger partial charge in [-0.15, -0.1) is 0 Å². The van der Waals surface area contributed by atoms with Crippen molar-refractivity contribution >= 4 is 43.2 Å². The SMILES string of the molecule is CCS(=O)(=O)Nc1ccc(NC(=O)c2c(C)oc(C)c2Br)cc1C. The zero-order valence-electron chi connectivity index (χ0n) is 13.9. The lowest BCUT2D eigenvalue weighted by atomic mass is 10.1. The maximum Gasteiger partial charge on any atom is 0.260 e. The molecule has 24 heavy (non-hydrogen) atoms. The van der Waals surface area contributed by atoms with E-state index in [0.29, 0.717) is 38.5 Å². The van der Waals surface area contributed by atoms with Crippen LogP contribution < -0.4 is 10.0 Å². The summed E-state index contributed by atoms with van der Waals surface area (Å²) in [7, 11) is -3.34. The zero-order chi connectivity index (χ0) is 18.1. The van der Waals surface area contributed by atoms with Crippen molar-refractivity contribution in [2.45, 2.75) is 27.7 Å². The molecule has 0 aliphatic heterocycles. The molecule has 2 N–H and O–H groups in total. The van der Waals surface area contributed by atoms with E-state index in [2.05, 4.69) is 26.0 Å². The van der Waals surface area contributed by atoms with Gasteiger partial charge in [-0.2, -0.15) is 0 Å². The number of benzene rings is 1. The minimum Gasteiger partial charge on any atom is -0.465 e. The Labute approximate surface area is 149 Å². The van der Waals surface area contributed by atoms with Crippen molar-refractivity contribution in [3.8, 4) is 0 Å². The highest BCUT2D eigenvalue weighted by atomic mass is 79.9. The molecule has 0 unspecified atom stereocenters. The van der Waals surface area contributed by atoms with Gasteiger partial charge in [0.2, 0.25) is 10.0 Å². The van der Waals surface area contributed by atoms with Crippen LogP contribution in [0.5, 0.6) is 0 Å². The van der Waals surface area contributed by atoms with Gasteiger partial charge in [-0.3, -0.25) is 9.52 Å². The largest absolute Gasteiger partial charge is 0.465 e. The normalized spacial score (nSPS) is 11.4. The lowest BCUT2D eigenvalue weighted by molar-refractivity contribution is 0.102. The molecule has 0 fully saturated rings. The molecule has 0 radical (unpaired) electrons. The van der Waals surface area contributed by atoms with Gasteiger partial charge >= 0.3 is 0 Å². The van der Waals surface area contributed by atoms with Crippen LogP contribution in [0.1, 0.15) is 34.4 Å². The monoisotopic (exact) mass is 414 g/mol. The van der Waals surface area contributed by atoms with Crippen molar-refractivity contribution in [1.82, 2.24) is 0 Å². The number of carbonyl (C=O) groups excluding carboxylic acids is 1. The second-order valence-corrected chi connectivity index (χ2v) is 8.20. The molecule has 6 nitrogen and oxygen atoms in total. The summed E-state index contributed by atoms with van der Waals surface area (Å²) in [6.07, 6.45) is 0. The number of nitrogens with one attached hydrogen (secondary N) is 2. The van der Waals surface area contributed by atoms with Gasteiger partial charge in [-0.25, -0.2) is 8.42 Å². The van der Waals surface area contributed by atoms with E-state index in [-0.39, 0.29) is 11.7 Å². The van der Waals surface area contributed by atoms with Gasteiger partial charge in [0, 0.05) is 5.69 Å². The average Bonchev–Trinajstić information content (AvgIpc) is 2.75. The Balaban J connectivity index is 2.22. The summed E-state index contributed by atoms with van der Waals surface area (Å²) < 4.78 is 31.9. The van der Waals surface area contributed by atoms with Crippen LogP contribution >= 0.6 is 15.9 Å². The highest BCUT2D eigenvalue weighted by Crippen LogP contribution is 2.28. The van der Waals surface area contributed by atoms with E-state index >= 15 is 0 Å². The lowest BCUT2D eigenvalue weighted by Gasteiger charge is -2.11. The number of amides is 1. The maximum absolute atomic E-state index is 12.4. The van der Waals surface area contributed by atoms with E-state index in [1.54, 1.807) is 45.9 Å². The molecule has 1 amide bonds. The number of hydrogen-bond donors (Lipinski definition) is 2. The standard InChI is InChI=1S/C16H19BrN2O4S/c1-5-24(21,22)19-13-7-6-12(8-9(13)2)18-16(20)14-10(3)23-11(4)15(14)17/h6-8,19H,5H2,1-4H3,(H,18,20). The van der Waals surface area contributed by atoms with Crippen molar-refractivity contribution < 1.29 is 17.6 Å². The third-order valence-electron chi connectivity index (χ3n) is 3.54. The molecule has 8 heteroatoms. The van der Waals surface area contributed by atoms with Crippen LogP contribution in [0.4, 0.5) is 11.4 Å². The summed E-state index contributed by atoms with van der Waals surface area (Å²) in [5, 5.41) is 2.79. The quantitative estimate of drug-likeness (QED) is 0.773. The van der Waals surface area contributed by atoms with Crippen LogP contribution in [0.25, 0.3) is 0 Å². The van der Waals surface area contributed by atoms with Crippen LogP contribution in [0, 0.1) is 20.8 Å². The topological polar surface area (TPSA) is 88.4 Å². The Morgan fingerprint density at radius 1 is 1.21 bits per heavy atom. The molecule has 0 aliphatic carbocycles. The Kier molecular flexibility index (Phi) is 5.39. The van der Waals surface area contributed by atoms with Gasteiger partial charge in [0.25, 0.3) is 5.91 Å². The Morgan fingerprint density at radius 2 is 1.88 bits per heavy atom. The summed E-state index contributed by atoms with van der Waals surface area (Å²) >= 11 is 3.35. The number of anilines is 2. The highest BCUT2D eigenvalue weighted by Gasteiger charge is 2.20. The fourth-order valence-electron chi connectivity index (χ4n) is 2.20. The minimum absolute atomic E-state index is 0.00191. The van der Waals surface area contributed by atoms with Crippen molar-refractivity contribution in [3.05, 3.63) is 45.3 Å². The summed E-state index contributed by atoms with van der Waals surface area (Å²) in [6, 6.07) is 4.98. The number of carbonyl (C=O) groups is 1. The highest BCUT2D eigenvalue weighted by molar-refractivity contribution is 9.10. The first-order valence-electron chi connectivity index (χ1n) is 7.32. The van der Waals surface area contributed by atoms with Gasteiger partial charge in [-0.1, -0.05) is 0 Å². The number of sulfonamides is 1. The predicted octanol–water partition coefficient (Wildman–Crippen LogP) is 3.98. The third-order valence-corrected chi connectivity index (χ3v) is 5.79. The number of rotatable bonds is 5. The van der Waals surface area contributed by atoms with Crippen LogP contribution in [0.3, 0.4) is 0 Å². The lowest BCUT2D eigenvalue weighted by Crippen LogP contribution is -2.16. The Hall–Kier alpha value is -1.80. The van der Waals surface area contributed by atoms with E-state index in [1.165, 1.54) is 0 Å². The molecule has 1 aromatic heterocycles. The van der Waals surface area contributed by atoms with Crippen LogP contribution in [-0.2, 0) is 10.0 Å². The van der Waals surface area contributed by atoms with Crippen molar-refractivity contribution in [3.63, 3.8) is 0 Å². The third kappa shape index (κ3) is 3.99. The fourth-order valence-corrected chi connectivity index (χ4v) is 3.45. The smallest absolute Gasteiger partial charge is 0.260 e. The molecule has 2 rings (SSSR count). The summed E-state index contributed by atoms with van der Waals surface area (Å²) in [6.45, 7) is 6.83. The summed E-state index contributed by atoms with van der Waals surface area (Å²) in [5.74, 6) is 0.870. The van der Waals surface area contributed by atoms with Gasteiger partial charge in [0.1, 0.15) is 11.5 Å². The van der Waals surface area contributed by atoms with E-state index in [0.717, 1.165) is 0 Å². The van der Waals surface area contributed by atoms with Crippen LogP contribution in [0.2, 0.25) is 0 Å². The molecular formula is C16H19BrN2O4S. The van der Waals surface area contributed by atoms with Gasteiger partial charge in [-0.05, 0) is 67.4 Å². The van der Waals surface area contributed by atoms with Crippen molar-refractivity contribution in [1.29, 1.82) is 0 Å². The van der Waals surface area contributed by atoms with E-state index in [1.807, 2.05) is 0 Å². The van der Waals surface area contributed by atoms with E-state index in [9.17, 15) is 13.2 Å². The molecule has 0 saturated carbocycles. The summed E-state index contributed by atoms with van der Waals surface area (Å²) in [4.78, 5) is 12.4. The molecule has 1 heterocycles. The number of hydrogen-bond acceptors (Lipinski definition) is 4. The predicted molar refractivity (Wildman–Crippen MR) is 98.1 cm³/mol. The molecule has 0 saturated heterocycles. The number of furan rings is 1. The Bertz CT molecular complexity index is 888. The molecule has 130 valence electrons. The van der Waals surface area contributed by atoms with E-state index < -0.39 is 10.0 Å². The minimum atomic E-state index is -3.34. The molecular weight excluding hydrogens is 396 g/mol. The number of halogens is 1. The second kappa shape index (κ2) is 6.98. The first-order valence-corrected chi connectivity index (χ1v) is 9.77. The molecule has 1 aromatic carbocycles. The maximum atomic E-state index is 12.4. The summed E-state index contributed by atoms with van der Waals surface area (Å²) in [5.41, 5.74) is 2.22. The molecule has 0 spiro atoms. The fraction of sp³-hybridized carbons (Fsp3) is 0.312. The zero-order valence-corrected chi connectivity index (χ0v) is 16.3. The molecule has 2 aromatic rings. The van der Waals surface area contributed by atoms with E-state index in [4.69, 9.17) is 4.42 Å². The van der Waals surface area contributed by atoms with Crippen molar-refractivity contribution in [2.24, 2.45) is 0 Å². The van der Waals surface area contributed by atoms with Crippen molar-refractivity contribution in [2.75, 3.05) is 15.8 Å². The van der Waals surface area contributed by atoms with Crippen LogP contribution in [-0.4, -0.2) is 20.1 Å². The van der Waals surface area contributed by atoms with Crippen LogP contribution in [0.15, 0.2) is 27.1 Å². The van der Waals surface area contributed by atoms with Gasteiger partial charge < -0.3 is 9.73 Å². The van der Waals surface area contributed by atoms with Gasteiger partial charge in [0.15, 0.2) is 0 Å². The Morgan fingerprint density at radius 3 is 2.38 bits per heavy atom.